The summed E-state index contributed by atoms with van der Waals surface area (Å²) >= 11 is 0. The van der Waals surface area contributed by atoms with Crippen molar-refractivity contribution in [2.45, 2.75) is 12.8 Å². The largest absolute Gasteiger partial charge is 0.469 e. The normalized spacial score (nSPS) is 14.6. The van der Waals surface area contributed by atoms with Crippen LogP contribution in [0.5, 0.6) is 0 Å². The average molecular weight is 389 g/mol. The van der Waals surface area contributed by atoms with Crippen LogP contribution in [0.3, 0.4) is 0 Å². The lowest BCUT2D eigenvalue weighted by Crippen LogP contribution is -2.40. The van der Waals surface area contributed by atoms with Gasteiger partial charge in [0, 0.05) is 24.8 Å². The van der Waals surface area contributed by atoms with Gasteiger partial charge in [-0.3, -0.25) is 9.59 Å². The van der Waals surface area contributed by atoms with Crippen molar-refractivity contribution < 1.29 is 14.3 Å². The number of carbonyl (C=O) groups excluding carboxylic acids is 2. The number of piperidine rings is 1. The van der Waals surface area contributed by atoms with Crippen molar-refractivity contribution in [3.63, 3.8) is 0 Å². The van der Waals surface area contributed by atoms with Gasteiger partial charge in [0.15, 0.2) is 0 Å². The molecule has 0 atom stereocenters. The summed E-state index contributed by atoms with van der Waals surface area (Å²) < 4.78 is 6.59. The molecule has 1 aliphatic heterocycles. The molecule has 1 aromatic heterocycles. The van der Waals surface area contributed by atoms with Crippen molar-refractivity contribution in [3.05, 3.63) is 72.4 Å². The van der Waals surface area contributed by atoms with Crippen LogP contribution in [0.4, 0.5) is 0 Å². The maximum absolute atomic E-state index is 13.3. The third-order valence-corrected chi connectivity index (χ3v) is 5.33. The number of para-hydroxylation sites is 1. The summed E-state index contributed by atoms with van der Waals surface area (Å²) in [7, 11) is 1.41. The third kappa shape index (κ3) is 3.92. The minimum absolute atomic E-state index is 0.0608. The highest BCUT2D eigenvalue weighted by molar-refractivity contribution is 6.00. The smallest absolute Gasteiger partial charge is 0.308 e. The Kier molecular flexibility index (Phi) is 5.42. The summed E-state index contributed by atoms with van der Waals surface area (Å²) in [5.74, 6) is -0.391. The molecule has 0 radical (unpaired) electrons. The first-order chi connectivity index (χ1) is 14.2. The van der Waals surface area contributed by atoms with Crippen LogP contribution in [-0.2, 0) is 9.53 Å². The van der Waals surface area contributed by atoms with Gasteiger partial charge in [-0.2, -0.15) is 5.10 Å². The first-order valence-electron chi connectivity index (χ1n) is 9.75. The van der Waals surface area contributed by atoms with Crippen LogP contribution in [0, 0.1) is 5.92 Å². The predicted octanol–water partition coefficient (Wildman–Crippen LogP) is 3.56. The van der Waals surface area contributed by atoms with Crippen LogP contribution in [0.25, 0.3) is 16.9 Å². The van der Waals surface area contributed by atoms with Crippen molar-refractivity contribution in [2.75, 3.05) is 20.2 Å². The van der Waals surface area contributed by atoms with Crippen LogP contribution < -0.4 is 0 Å². The molecular formula is C23H23N3O3. The van der Waals surface area contributed by atoms with E-state index in [-0.39, 0.29) is 17.8 Å². The van der Waals surface area contributed by atoms with E-state index in [1.807, 2.05) is 60.7 Å². The molecule has 0 aliphatic carbocycles. The van der Waals surface area contributed by atoms with E-state index in [0.29, 0.717) is 37.2 Å². The number of esters is 1. The molecule has 1 saturated heterocycles. The molecule has 6 heteroatoms. The third-order valence-electron chi connectivity index (χ3n) is 5.33. The fourth-order valence-corrected chi connectivity index (χ4v) is 3.71. The number of ether oxygens (including phenoxy) is 1. The van der Waals surface area contributed by atoms with Crippen LogP contribution in [0.15, 0.2) is 66.9 Å². The molecule has 1 fully saturated rings. The number of aromatic nitrogens is 2. The molecule has 3 aromatic rings. The van der Waals surface area contributed by atoms with Crippen LogP contribution >= 0.6 is 0 Å². The van der Waals surface area contributed by atoms with Crippen LogP contribution in [-0.4, -0.2) is 46.8 Å². The number of benzene rings is 2. The maximum Gasteiger partial charge on any atom is 0.308 e. The fourth-order valence-electron chi connectivity index (χ4n) is 3.71. The SMILES string of the molecule is COC(=O)C1CCN(C(=O)c2cn(-c3ccccc3)nc2-c2ccccc2)CC1. The van der Waals surface area contributed by atoms with E-state index < -0.39 is 0 Å². The van der Waals surface area contributed by atoms with E-state index >= 15 is 0 Å². The molecule has 0 bridgehead atoms. The Morgan fingerprint density at radius 2 is 1.59 bits per heavy atom. The van der Waals surface area contributed by atoms with E-state index in [0.717, 1.165) is 11.3 Å². The standard InChI is InChI=1S/C23H23N3O3/c1-29-23(28)18-12-14-25(15-13-18)22(27)20-16-26(19-10-6-3-7-11-19)24-21(20)17-8-4-2-5-9-17/h2-11,16,18H,12-15H2,1H3. The van der Waals surface area contributed by atoms with Crippen LogP contribution in [0.2, 0.25) is 0 Å². The number of nitrogens with zero attached hydrogens (tertiary/aromatic N) is 3. The number of hydrogen-bond acceptors (Lipinski definition) is 4. The molecule has 2 heterocycles. The first kappa shape index (κ1) is 18.9. The van der Waals surface area contributed by atoms with E-state index in [9.17, 15) is 9.59 Å². The molecule has 29 heavy (non-hydrogen) atoms. The van der Waals surface area contributed by atoms with Gasteiger partial charge < -0.3 is 9.64 Å². The van der Waals surface area contributed by atoms with E-state index in [4.69, 9.17) is 9.84 Å². The molecule has 4 rings (SSSR count). The van der Waals surface area contributed by atoms with Crippen molar-refractivity contribution in [1.82, 2.24) is 14.7 Å². The summed E-state index contributed by atoms with van der Waals surface area (Å²) in [5.41, 5.74) is 3.02. The Balaban J connectivity index is 1.65. The Morgan fingerprint density at radius 1 is 0.966 bits per heavy atom. The minimum atomic E-state index is -0.195. The molecule has 0 spiro atoms. The number of rotatable bonds is 4. The lowest BCUT2D eigenvalue weighted by Gasteiger charge is -2.30. The van der Waals surface area contributed by atoms with Crippen molar-refractivity contribution in [2.24, 2.45) is 5.92 Å². The van der Waals surface area contributed by atoms with Gasteiger partial charge in [0.2, 0.25) is 0 Å². The number of amides is 1. The molecular weight excluding hydrogens is 366 g/mol. The summed E-state index contributed by atoms with van der Waals surface area (Å²) in [4.78, 5) is 26.9. The number of methoxy groups -OCH3 is 1. The van der Waals surface area contributed by atoms with Gasteiger partial charge in [0.05, 0.1) is 24.3 Å². The van der Waals surface area contributed by atoms with E-state index in [1.54, 1.807) is 15.8 Å². The Bertz CT molecular complexity index is 991. The Hall–Kier alpha value is -3.41. The van der Waals surface area contributed by atoms with Gasteiger partial charge in [-0.15, -0.1) is 0 Å². The Morgan fingerprint density at radius 3 is 2.21 bits per heavy atom. The second kappa shape index (κ2) is 8.31. The second-order valence-corrected chi connectivity index (χ2v) is 7.13. The lowest BCUT2D eigenvalue weighted by molar-refractivity contribution is -0.146. The van der Waals surface area contributed by atoms with Gasteiger partial charge in [0.1, 0.15) is 5.69 Å². The highest BCUT2D eigenvalue weighted by Gasteiger charge is 2.30. The maximum atomic E-state index is 13.3. The Labute approximate surface area is 169 Å². The highest BCUT2D eigenvalue weighted by atomic mass is 16.5. The van der Waals surface area contributed by atoms with E-state index in [2.05, 4.69) is 0 Å². The zero-order valence-electron chi connectivity index (χ0n) is 16.3. The first-order valence-corrected chi connectivity index (χ1v) is 9.75. The lowest BCUT2D eigenvalue weighted by atomic mass is 9.96. The zero-order chi connectivity index (χ0) is 20.2. The van der Waals surface area contributed by atoms with E-state index in [1.165, 1.54) is 7.11 Å². The predicted molar refractivity (Wildman–Crippen MR) is 110 cm³/mol. The molecule has 1 aliphatic rings. The molecule has 148 valence electrons. The summed E-state index contributed by atoms with van der Waals surface area (Å²) in [6, 6.07) is 19.5. The average Bonchev–Trinajstić information content (AvgIpc) is 3.25. The topological polar surface area (TPSA) is 64.4 Å². The van der Waals surface area contributed by atoms with Gasteiger partial charge in [-0.1, -0.05) is 48.5 Å². The van der Waals surface area contributed by atoms with Crippen molar-refractivity contribution >= 4 is 11.9 Å². The quantitative estimate of drug-likeness (QED) is 0.640. The monoisotopic (exact) mass is 389 g/mol. The molecule has 0 saturated carbocycles. The molecule has 0 unspecified atom stereocenters. The minimum Gasteiger partial charge on any atom is -0.469 e. The molecule has 2 aromatic carbocycles. The summed E-state index contributed by atoms with van der Waals surface area (Å²) in [6.07, 6.45) is 3.03. The molecule has 1 amide bonds. The summed E-state index contributed by atoms with van der Waals surface area (Å²) in [5, 5.41) is 4.72. The van der Waals surface area contributed by atoms with Gasteiger partial charge >= 0.3 is 5.97 Å². The summed E-state index contributed by atoms with van der Waals surface area (Å²) in [6.45, 7) is 1.06. The van der Waals surface area contributed by atoms with Gasteiger partial charge in [0.25, 0.3) is 5.91 Å². The number of likely N-dealkylation sites (tertiary alicyclic amines) is 1. The zero-order valence-corrected chi connectivity index (χ0v) is 16.3. The second-order valence-electron chi connectivity index (χ2n) is 7.13. The van der Waals surface area contributed by atoms with Crippen molar-refractivity contribution in [1.29, 1.82) is 0 Å². The number of hydrogen-bond donors (Lipinski definition) is 0. The highest BCUT2D eigenvalue weighted by Crippen LogP contribution is 2.27. The number of carbonyl (C=O) groups is 2. The molecule has 0 N–H and O–H groups in total. The molecule has 6 nitrogen and oxygen atoms in total. The van der Waals surface area contributed by atoms with Gasteiger partial charge in [-0.25, -0.2) is 4.68 Å². The van der Waals surface area contributed by atoms with Gasteiger partial charge in [-0.05, 0) is 25.0 Å². The van der Waals surface area contributed by atoms with Crippen molar-refractivity contribution in [3.8, 4) is 16.9 Å². The fraction of sp³-hybridized carbons (Fsp3) is 0.261. The van der Waals surface area contributed by atoms with Crippen LogP contribution in [0.1, 0.15) is 23.2 Å².